The van der Waals surface area contributed by atoms with Crippen LogP contribution in [-0.4, -0.2) is 40.4 Å². The van der Waals surface area contributed by atoms with Gasteiger partial charge in [-0.25, -0.2) is 4.98 Å². The second-order valence-corrected chi connectivity index (χ2v) is 6.73. The Morgan fingerprint density at radius 3 is 2.92 bits per heavy atom. The van der Waals surface area contributed by atoms with Gasteiger partial charge in [0.05, 0.1) is 6.33 Å². The summed E-state index contributed by atoms with van der Waals surface area (Å²) in [4.78, 5) is 21.8. The van der Waals surface area contributed by atoms with Gasteiger partial charge in [0.2, 0.25) is 5.91 Å². The third-order valence-corrected chi connectivity index (χ3v) is 4.73. The molecule has 1 amide bonds. The van der Waals surface area contributed by atoms with E-state index in [0.717, 1.165) is 43.2 Å². The van der Waals surface area contributed by atoms with Crippen LogP contribution in [0.3, 0.4) is 0 Å². The topological polar surface area (TPSA) is 61.0 Å². The molecule has 0 atom stereocenters. The third kappa shape index (κ3) is 4.93. The van der Waals surface area contributed by atoms with Crippen molar-refractivity contribution < 1.29 is 4.79 Å². The van der Waals surface area contributed by atoms with E-state index in [1.165, 1.54) is 18.5 Å². The van der Waals surface area contributed by atoms with E-state index >= 15 is 0 Å². The van der Waals surface area contributed by atoms with Gasteiger partial charge in [-0.3, -0.25) is 4.79 Å². The summed E-state index contributed by atoms with van der Waals surface area (Å²) >= 11 is 0. The Hall–Kier alpha value is -2.14. The number of aromatic nitrogens is 2. The lowest BCUT2D eigenvalue weighted by atomic mass is 9.92. The number of hydrogen-bond donors (Lipinski definition) is 2. The van der Waals surface area contributed by atoms with E-state index in [9.17, 15) is 4.79 Å². The van der Waals surface area contributed by atoms with Crippen LogP contribution in [0, 0.1) is 12.8 Å². The van der Waals surface area contributed by atoms with Gasteiger partial charge in [-0.15, -0.1) is 0 Å². The van der Waals surface area contributed by atoms with Crippen LogP contribution in [0.1, 0.15) is 30.5 Å². The monoisotopic (exact) mass is 326 g/mol. The number of hydrogen-bond acceptors (Lipinski definition) is 3. The fourth-order valence-electron chi connectivity index (χ4n) is 3.33. The molecular weight excluding hydrogens is 300 g/mol. The molecule has 5 heteroatoms. The average molecular weight is 326 g/mol. The minimum absolute atomic E-state index is 0.0974. The van der Waals surface area contributed by atoms with E-state index < -0.39 is 0 Å². The molecule has 24 heavy (non-hydrogen) atoms. The van der Waals surface area contributed by atoms with Crippen molar-refractivity contribution in [3.8, 4) is 0 Å². The maximum Gasteiger partial charge on any atom is 0.225 e. The zero-order valence-corrected chi connectivity index (χ0v) is 14.3. The van der Waals surface area contributed by atoms with E-state index in [-0.39, 0.29) is 5.91 Å². The molecule has 5 nitrogen and oxygen atoms in total. The highest BCUT2D eigenvalue weighted by molar-refractivity contribution is 5.90. The predicted molar refractivity (Wildman–Crippen MR) is 95.9 cm³/mol. The van der Waals surface area contributed by atoms with Crippen LogP contribution in [0.5, 0.6) is 0 Å². The molecule has 0 saturated carbocycles. The minimum atomic E-state index is 0.0974. The third-order valence-electron chi connectivity index (χ3n) is 4.73. The van der Waals surface area contributed by atoms with Crippen LogP contribution in [0.25, 0.3) is 0 Å². The molecule has 0 radical (unpaired) electrons. The molecule has 0 bridgehead atoms. The maximum absolute atomic E-state index is 12.1. The van der Waals surface area contributed by atoms with Crippen molar-refractivity contribution in [2.45, 2.75) is 32.6 Å². The molecule has 3 rings (SSSR count). The Morgan fingerprint density at radius 1 is 1.38 bits per heavy atom. The highest BCUT2D eigenvalue weighted by Gasteiger charge is 2.20. The molecule has 1 aromatic heterocycles. The normalized spacial score (nSPS) is 16.2. The van der Waals surface area contributed by atoms with Gasteiger partial charge in [0.25, 0.3) is 0 Å². The smallest absolute Gasteiger partial charge is 0.225 e. The van der Waals surface area contributed by atoms with Gasteiger partial charge in [-0.2, -0.15) is 0 Å². The number of H-pyrrole nitrogens is 1. The number of amides is 1. The summed E-state index contributed by atoms with van der Waals surface area (Å²) in [7, 11) is 0. The molecule has 0 spiro atoms. The predicted octanol–water partition coefficient (Wildman–Crippen LogP) is 3.00. The standard InChI is InChI=1S/C19H26N4O/c1-15-3-2-4-17(11-15)22-19(24)7-10-23-8-5-16(6-9-23)12-18-13-20-14-21-18/h2-4,11,13-14,16H,5-10,12H2,1H3,(H,20,21)(H,22,24). The molecule has 1 aliphatic rings. The number of rotatable bonds is 6. The van der Waals surface area contributed by atoms with Crippen molar-refractivity contribution in [3.63, 3.8) is 0 Å². The first-order valence-corrected chi connectivity index (χ1v) is 8.75. The van der Waals surface area contributed by atoms with Crippen LogP contribution in [0.15, 0.2) is 36.8 Å². The second-order valence-electron chi connectivity index (χ2n) is 6.73. The van der Waals surface area contributed by atoms with E-state index in [4.69, 9.17) is 0 Å². The van der Waals surface area contributed by atoms with Crippen LogP contribution in [0.2, 0.25) is 0 Å². The van der Waals surface area contributed by atoms with Crippen LogP contribution < -0.4 is 5.32 Å². The van der Waals surface area contributed by atoms with E-state index in [1.807, 2.05) is 37.4 Å². The summed E-state index contributed by atoms with van der Waals surface area (Å²) in [6.07, 6.45) is 7.69. The minimum Gasteiger partial charge on any atom is -0.348 e. The van der Waals surface area contributed by atoms with Crippen LogP contribution >= 0.6 is 0 Å². The van der Waals surface area contributed by atoms with Crippen LogP contribution in [0.4, 0.5) is 5.69 Å². The lowest BCUT2D eigenvalue weighted by Crippen LogP contribution is -2.36. The quantitative estimate of drug-likeness (QED) is 0.858. The van der Waals surface area contributed by atoms with Gasteiger partial charge in [0.15, 0.2) is 0 Å². The molecule has 0 aliphatic carbocycles. The second kappa shape index (κ2) is 8.11. The van der Waals surface area contributed by atoms with E-state index in [0.29, 0.717) is 6.42 Å². The Bertz CT molecular complexity index is 645. The number of nitrogens with zero attached hydrogens (tertiary/aromatic N) is 2. The molecule has 128 valence electrons. The Balaban J connectivity index is 1.36. The molecular formula is C19H26N4O. The van der Waals surface area contributed by atoms with E-state index in [2.05, 4.69) is 20.2 Å². The number of carbonyl (C=O) groups is 1. The maximum atomic E-state index is 12.1. The fourth-order valence-corrected chi connectivity index (χ4v) is 3.33. The van der Waals surface area contributed by atoms with Crippen molar-refractivity contribution in [2.24, 2.45) is 5.92 Å². The summed E-state index contributed by atoms with van der Waals surface area (Å²) in [5, 5.41) is 2.98. The molecule has 2 heterocycles. The molecule has 1 fully saturated rings. The Morgan fingerprint density at radius 2 is 2.21 bits per heavy atom. The van der Waals surface area contributed by atoms with Crippen molar-refractivity contribution in [1.82, 2.24) is 14.9 Å². The van der Waals surface area contributed by atoms with Gasteiger partial charge >= 0.3 is 0 Å². The lowest BCUT2D eigenvalue weighted by Gasteiger charge is -2.31. The van der Waals surface area contributed by atoms with E-state index in [1.54, 1.807) is 6.33 Å². The highest BCUT2D eigenvalue weighted by atomic mass is 16.1. The largest absolute Gasteiger partial charge is 0.348 e. The van der Waals surface area contributed by atoms with Crippen molar-refractivity contribution >= 4 is 11.6 Å². The number of anilines is 1. The van der Waals surface area contributed by atoms with Crippen molar-refractivity contribution in [3.05, 3.63) is 48.0 Å². The summed E-state index contributed by atoms with van der Waals surface area (Å²) in [6, 6.07) is 7.93. The highest BCUT2D eigenvalue weighted by Crippen LogP contribution is 2.21. The van der Waals surface area contributed by atoms with Gasteiger partial charge in [-0.05, 0) is 62.9 Å². The van der Waals surface area contributed by atoms with Gasteiger partial charge in [0, 0.05) is 30.5 Å². The summed E-state index contributed by atoms with van der Waals surface area (Å²) in [5.41, 5.74) is 3.27. The number of likely N-dealkylation sites (tertiary alicyclic amines) is 1. The Labute approximate surface area is 143 Å². The number of aryl methyl sites for hydroxylation is 1. The lowest BCUT2D eigenvalue weighted by molar-refractivity contribution is -0.116. The zero-order chi connectivity index (χ0) is 16.8. The first kappa shape index (κ1) is 16.7. The van der Waals surface area contributed by atoms with Gasteiger partial charge in [0.1, 0.15) is 0 Å². The fraction of sp³-hybridized carbons (Fsp3) is 0.474. The molecule has 1 aromatic carbocycles. The first-order chi connectivity index (χ1) is 11.7. The van der Waals surface area contributed by atoms with Crippen LogP contribution in [-0.2, 0) is 11.2 Å². The molecule has 0 unspecified atom stereocenters. The zero-order valence-electron chi connectivity index (χ0n) is 14.3. The Kier molecular flexibility index (Phi) is 5.64. The van der Waals surface area contributed by atoms with Gasteiger partial charge < -0.3 is 15.2 Å². The van der Waals surface area contributed by atoms with Gasteiger partial charge in [-0.1, -0.05) is 12.1 Å². The number of piperidine rings is 1. The summed E-state index contributed by atoms with van der Waals surface area (Å²) < 4.78 is 0. The number of nitrogens with one attached hydrogen (secondary N) is 2. The number of aromatic amines is 1. The summed E-state index contributed by atoms with van der Waals surface area (Å²) in [5.74, 6) is 0.822. The molecule has 2 N–H and O–H groups in total. The first-order valence-electron chi connectivity index (χ1n) is 8.75. The average Bonchev–Trinajstić information content (AvgIpc) is 3.07. The SMILES string of the molecule is Cc1cccc(NC(=O)CCN2CCC(Cc3cnc[nH]3)CC2)c1. The molecule has 1 aliphatic heterocycles. The van der Waals surface area contributed by atoms with Crippen molar-refractivity contribution in [2.75, 3.05) is 25.0 Å². The number of imidazole rings is 1. The number of carbonyl (C=O) groups excluding carboxylic acids is 1. The number of benzene rings is 1. The molecule has 1 saturated heterocycles. The molecule has 2 aromatic rings. The van der Waals surface area contributed by atoms with Crippen molar-refractivity contribution in [1.29, 1.82) is 0 Å². The summed E-state index contributed by atoms with van der Waals surface area (Å²) in [6.45, 7) is 5.03.